The number of carbonyl (C=O) groups excluding carboxylic acids is 1. The Kier molecular flexibility index (Phi) is 4.95. The number of benzene rings is 1. The van der Waals surface area contributed by atoms with Crippen molar-refractivity contribution in [3.8, 4) is 5.69 Å². The van der Waals surface area contributed by atoms with Gasteiger partial charge in [0.1, 0.15) is 0 Å². The van der Waals surface area contributed by atoms with E-state index in [9.17, 15) is 4.79 Å². The first kappa shape index (κ1) is 14.8. The highest BCUT2D eigenvalue weighted by atomic mass is 79.9. The van der Waals surface area contributed by atoms with E-state index in [2.05, 4.69) is 40.2 Å². The molecular formula is C15H18BrN3O. The molecule has 5 heteroatoms. The van der Waals surface area contributed by atoms with Crippen LogP contribution in [0.15, 0.2) is 41.1 Å². The van der Waals surface area contributed by atoms with Gasteiger partial charge in [0.2, 0.25) is 0 Å². The summed E-state index contributed by atoms with van der Waals surface area (Å²) in [4.78, 5) is 11.9. The van der Waals surface area contributed by atoms with Gasteiger partial charge in [-0.25, -0.2) is 4.68 Å². The molecule has 0 radical (unpaired) electrons. The normalized spacial score (nSPS) is 10.8. The van der Waals surface area contributed by atoms with Crippen LogP contribution in [-0.4, -0.2) is 22.2 Å². The fourth-order valence-electron chi connectivity index (χ4n) is 1.78. The van der Waals surface area contributed by atoms with Crippen molar-refractivity contribution in [3.63, 3.8) is 0 Å². The average Bonchev–Trinajstić information content (AvgIpc) is 2.85. The van der Waals surface area contributed by atoms with Gasteiger partial charge in [-0.1, -0.05) is 13.8 Å². The van der Waals surface area contributed by atoms with Gasteiger partial charge >= 0.3 is 0 Å². The van der Waals surface area contributed by atoms with Gasteiger partial charge in [-0.05, 0) is 52.5 Å². The van der Waals surface area contributed by atoms with Gasteiger partial charge in [-0.3, -0.25) is 4.79 Å². The van der Waals surface area contributed by atoms with Crippen LogP contribution in [0, 0.1) is 5.92 Å². The zero-order valence-electron chi connectivity index (χ0n) is 11.6. The fourth-order valence-corrected chi connectivity index (χ4v) is 2.07. The minimum atomic E-state index is -0.0288. The second kappa shape index (κ2) is 6.70. The summed E-state index contributed by atoms with van der Waals surface area (Å²) < 4.78 is 2.68. The van der Waals surface area contributed by atoms with Gasteiger partial charge in [-0.15, -0.1) is 0 Å². The van der Waals surface area contributed by atoms with Crippen LogP contribution in [0.2, 0.25) is 0 Å². The summed E-state index contributed by atoms with van der Waals surface area (Å²) in [5.74, 6) is 0.565. The second-order valence-corrected chi connectivity index (χ2v) is 6.00. The molecule has 2 rings (SSSR count). The largest absolute Gasteiger partial charge is 0.352 e. The zero-order valence-corrected chi connectivity index (χ0v) is 13.2. The molecule has 1 aromatic heterocycles. The topological polar surface area (TPSA) is 46.9 Å². The molecule has 0 saturated carbocycles. The molecule has 0 unspecified atom stereocenters. The molecule has 0 aliphatic heterocycles. The van der Waals surface area contributed by atoms with E-state index in [1.165, 1.54) is 0 Å². The third-order valence-corrected chi connectivity index (χ3v) is 3.36. The van der Waals surface area contributed by atoms with Gasteiger partial charge in [0.15, 0.2) is 0 Å². The van der Waals surface area contributed by atoms with Gasteiger partial charge in [-0.2, -0.15) is 5.10 Å². The molecule has 1 N–H and O–H groups in total. The number of carbonyl (C=O) groups is 1. The molecule has 0 fully saturated rings. The minimum Gasteiger partial charge on any atom is -0.352 e. The highest BCUT2D eigenvalue weighted by Gasteiger charge is 2.06. The van der Waals surface area contributed by atoms with Crippen LogP contribution < -0.4 is 5.32 Å². The fraction of sp³-hybridized carbons (Fsp3) is 0.333. The van der Waals surface area contributed by atoms with Crippen molar-refractivity contribution in [1.82, 2.24) is 15.1 Å². The van der Waals surface area contributed by atoms with Gasteiger partial charge < -0.3 is 5.32 Å². The van der Waals surface area contributed by atoms with Crippen LogP contribution in [-0.2, 0) is 0 Å². The summed E-state index contributed by atoms with van der Waals surface area (Å²) >= 11 is 3.36. The average molecular weight is 336 g/mol. The second-order valence-electron chi connectivity index (χ2n) is 5.09. The van der Waals surface area contributed by atoms with Crippen molar-refractivity contribution in [1.29, 1.82) is 0 Å². The number of amides is 1. The monoisotopic (exact) mass is 335 g/mol. The molecule has 1 amide bonds. The Morgan fingerprint density at radius 1 is 1.35 bits per heavy atom. The van der Waals surface area contributed by atoms with E-state index in [0.29, 0.717) is 18.0 Å². The van der Waals surface area contributed by atoms with Crippen LogP contribution >= 0.6 is 15.9 Å². The van der Waals surface area contributed by atoms with Crippen LogP contribution in [0.4, 0.5) is 0 Å². The van der Waals surface area contributed by atoms with E-state index in [0.717, 1.165) is 16.6 Å². The number of halogens is 1. The molecule has 0 aliphatic carbocycles. The van der Waals surface area contributed by atoms with Crippen LogP contribution in [0.3, 0.4) is 0 Å². The SMILES string of the molecule is CC(C)CCNC(=O)c1ccc(-n2cc(Br)cn2)cc1. The first-order valence-corrected chi connectivity index (χ1v) is 7.44. The van der Waals surface area contributed by atoms with Gasteiger partial charge in [0.25, 0.3) is 5.91 Å². The van der Waals surface area contributed by atoms with E-state index in [-0.39, 0.29) is 5.91 Å². The highest BCUT2D eigenvalue weighted by Crippen LogP contribution is 2.13. The highest BCUT2D eigenvalue weighted by molar-refractivity contribution is 9.10. The lowest BCUT2D eigenvalue weighted by Gasteiger charge is -2.08. The van der Waals surface area contributed by atoms with E-state index in [4.69, 9.17) is 0 Å². The van der Waals surface area contributed by atoms with Crippen molar-refractivity contribution in [3.05, 3.63) is 46.7 Å². The van der Waals surface area contributed by atoms with Crippen molar-refractivity contribution < 1.29 is 4.79 Å². The number of rotatable bonds is 5. The molecule has 0 atom stereocenters. The summed E-state index contributed by atoms with van der Waals surface area (Å²) in [5.41, 5.74) is 1.60. The molecular weight excluding hydrogens is 318 g/mol. The molecule has 0 bridgehead atoms. The Morgan fingerprint density at radius 3 is 2.60 bits per heavy atom. The van der Waals surface area contributed by atoms with E-state index >= 15 is 0 Å². The smallest absolute Gasteiger partial charge is 0.251 e. The maximum atomic E-state index is 11.9. The lowest BCUT2D eigenvalue weighted by molar-refractivity contribution is 0.0952. The molecule has 1 aromatic carbocycles. The van der Waals surface area contributed by atoms with Crippen molar-refractivity contribution in [2.24, 2.45) is 5.92 Å². The lowest BCUT2D eigenvalue weighted by atomic mass is 10.1. The quantitative estimate of drug-likeness (QED) is 0.910. The number of nitrogens with one attached hydrogen (secondary N) is 1. The van der Waals surface area contributed by atoms with E-state index < -0.39 is 0 Å². The Balaban J connectivity index is 1.99. The Hall–Kier alpha value is -1.62. The van der Waals surface area contributed by atoms with Crippen molar-refractivity contribution in [2.45, 2.75) is 20.3 Å². The maximum absolute atomic E-state index is 11.9. The number of aromatic nitrogens is 2. The molecule has 0 spiro atoms. The van der Waals surface area contributed by atoms with Crippen molar-refractivity contribution in [2.75, 3.05) is 6.54 Å². The summed E-state index contributed by atoms with van der Waals surface area (Å²) in [6, 6.07) is 7.40. The van der Waals surface area contributed by atoms with Gasteiger partial charge in [0, 0.05) is 18.3 Å². The van der Waals surface area contributed by atoms with E-state index in [1.54, 1.807) is 10.9 Å². The number of hydrogen-bond donors (Lipinski definition) is 1. The maximum Gasteiger partial charge on any atom is 0.251 e. The molecule has 0 aliphatic rings. The molecule has 4 nitrogen and oxygen atoms in total. The number of nitrogens with zero attached hydrogens (tertiary/aromatic N) is 2. The Bertz CT molecular complexity index is 575. The summed E-state index contributed by atoms with van der Waals surface area (Å²) in [6.07, 6.45) is 4.59. The predicted octanol–water partition coefficient (Wildman–Crippen LogP) is 3.41. The zero-order chi connectivity index (χ0) is 14.5. The van der Waals surface area contributed by atoms with Crippen molar-refractivity contribution >= 4 is 21.8 Å². The molecule has 20 heavy (non-hydrogen) atoms. The van der Waals surface area contributed by atoms with Crippen LogP contribution in [0.25, 0.3) is 5.69 Å². The molecule has 0 saturated heterocycles. The summed E-state index contributed by atoms with van der Waals surface area (Å²) in [7, 11) is 0. The Labute approximate surface area is 127 Å². The summed E-state index contributed by atoms with van der Waals surface area (Å²) in [5, 5.41) is 7.12. The first-order chi connectivity index (χ1) is 9.56. The number of hydrogen-bond acceptors (Lipinski definition) is 2. The lowest BCUT2D eigenvalue weighted by Crippen LogP contribution is -2.25. The van der Waals surface area contributed by atoms with E-state index in [1.807, 2.05) is 30.5 Å². The standard InChI is InChI=1S/C15H18BrN3O/c1-11(2)7-8-17-15(20)12-3-5-14(6-4-12)19-10-13(16)9-18-19/h3-6,9-11H,7-8H2,1-2H3,(H,17,20). The molecule has 106 valence electrons. The third kappa shape index (κ3) is 3.93. The van der Waals surface area contributed by atoms with Crippen LogP contribution in [0.5, 0.6) is 0 Å². The van der Waals surface area contributed by atoms with Gasteiger partial charge in [0.05, 0.1) is 16.4 Å². The Morgan fingerprint density at radius 2 is 2.05 bits per heavy atom. The first-order valence-electron chi connectivity index (χ1n) is 6.65. The molecule has 1 heterocycles. The minimum absolute atomic E-state index is 0.0288. The predicted molar refractivity (Wildman–Crippen MR) is 83.1 cm³/mol. The third-order valence-electron chi connectivity index (χ3n) is 2.95. The van der Waals surface area contributed by atoms with Crippen LogP contribution in [0.1, 0.15) is 30.6 Å². The summed E-state index contributed by atoms with van der Waals surface area (Å²) in [6.45, 7) is 5.00. The molecule has 2 aromatic rings.